The summed E-state index contributed by atoms with van der Waals surface area (Å²) in [5.74, 6) is -9.50. The molecule has 0 unspecified atom stereocenters. The van der Waals surface area contributed by atoms with E-state index in [0.717, 1.165) is 0 Å². The summed E-state index contributed by atoms with van der Waals surface area (Å²) in [6.07, 6.45) is -0.995. The molecule has 0 aliphatic carbocycles. The highest BCUT2D eigenvalue weighted by Gasteiger charge is 2.26. The van der Waals surface area contributed by atoms with Crippen LogP contribution in [0.15, 0.2) is 6.07 Å². The van der Waals surface area contributed by atoms with E-state index in [-0.39, 0.29) is 12.7 Å². The molecule has 0 saturated carbocycles. The molecule has 0 aliphatic heterocycles. The Balaban J connectivity index is 3.09. The van der Waals surface area contributed by atoms with Crippen molar-refractivity contribution in [3.8, 4) is 0 Å². The topological polar surface area (TPSA) is 43.4 Å². The molecule has 0 N–H and O–H groups in total. The molecule has 7 heteroatoms. The molecule has 0 heterocycles. The van der Waals surface area contributed by atoms with Crippen molar-refractivity contribution in [3.63, 3.8) is 0 Å². The zero-order valence-corrected chi connectivity index (χ0v) is 9.23. The number of ether oxygens (including phenoxy) is 1. The predicted octanol–water partition coefficient (Wildman–Crippen LogP) is 2.38. The number of hydrogen-bond donors (Lipinski definition) is 0. The van der Waals surface area contributed by atoms with E-state index in [0.29, 0.717) is 0 Å². The molecule has 0 aliphatic rings. The molecular formula is C11H8F4O3. The third kappa shape index (κ3) is 2.85. The Morgan fingerprint density at radius 1 is 1.11 bits per heavy atom. The zero-order valence-electron chi connectivity index (χ0n) is 9.23. The van der Waals surface area contributed by atoms with Crippen molar-refractivity contribution in [1.29, 1.82) is 0 Å². The van der Waals surface area contributed by atoms with Crippen LogP contribution in [0.4, 0.5) is 17.6 Å². The number of benzene rings is 1. The summed E-state index contributed by atoms with van der Waals surface area (Å²) in [7, 11) is 0. The fourth-order valence-corrected chi connectivity index (χ4v) is 1.25. The fraction of sp³-hybridized carbons (Fsp3) is 0.273. The maximum Gasteiger partial charge on any atom is 0.313 e. The molecule has 0 aromatic heterocycles. The quantitative estimate of drug-likeness (QED) is 0.276. The zero-order chi connectivity index (χ0) is 13.9. The first-order valence-corrected chi connectivity index (χ1v) is 4.90. The van der Waals surface area contributed by atoms with Gasteiger partial charge in [0.1, 0.15) is 6.42 Å². The number of ketones is 1. The first kappa shape index (κ1) is 14.1. The Hall–Kier alpha value is -1.92. The maximum absolute atomic E-state index is 13.2. The van der Waals surface area contributed by atoms with Gasteiger partial charge in [-0.15, -0.1) is 0 Å². The standard InChI is InChI=1S/C11H8F4O3/c1-2-18-8(17)4-7(16)9-10(14)5(12)3-6(13)11(9)15/h3H,2,4H2,1H3. The van der Waals surface area contributed by atoms with Gasteiger partial charge in [0.2, 0.25) is 0 Å². The maximum atomic E-state index is 13.2. The molecule has 0 atom stereocenters. The number of rotatable bonds is 4. The SMILES string of the molecule is CCOC(=O)CC(=O)c1c(F)c(F)cc(F)c1F. The highest BCUT2D eigenvalue weighted by Crippen LogP contribution is 2.20. The second-order valence-corrected chi connectivity index (χ2v) is 3.25. The van der Waals surface area contributed by atoms with Crippen molar-refractivity contribution in [2.75, 3.05) is 6.61 Å². The lowest BCUT2D eigenvalue weighted by Gasteiger charge is -2.05. The number of halogens is 4. The molecule has 0 bridgehead atoms. The van der Waals surface area contributed by atoms with Gasteiger partial charge < -0.3 is 4.74 Å². The minimum Gasteiger partial charge on any atom is -0.466 e. The van der Waals surface area contributed by atoms with E-state index in [4.69, 9.17) is 0 Å². The first-order chi connectivity index (χ1) is 8.38. The van der Waals surface area contributed by atoms with Gasteiger partial charge >= 0.3 is 5.97 Å². The van der Waals surface area contributed by atoms with E-state index < -0.39 is 47.0 Å². The molecule has 1 rings (SSSR count). The Kier molecular flexibility index (Phi) is 4.41. The van der Waals surface area contributed by atoms with Crippen molar-refractivity contribution in [1.82, 2.24) is 0 Å². The van der Waals surface area contributed by atoms with Crippen molar-refractivity contribution in [3.05, 3.63) is 34.9 Å². The van der Waals surface area contributed by atoms with Gasteiger partial charge in [-0.1, -0.05) is 0 Å². The summed E-state index contributed by atoms with van der Waals surface area (Å²) in [6, 6.07) is -0.0220. The molecular weight excluding hydrogens is 256 g/mol. The Labute approximate surface area is 99.4 Å². The van der Waals surface area contributed by atoms with Crippen LogP contribution < -0.4 is 0 Å². The minimum absolute atomic E-state index is 0.0220. The van der Waals surface area contributed by atoms with Gasteiger partial charge in [0.05, 0.1) is 12.2 Å². The average Bonchev–Trinajstić information content (AvgIpc) is 2.27. The summed E-state index contributed by atoms with van der Waals surface area (Å²) in [4.78, 5) is 22.3. The molecule has 1 aromatic rings. The van der Waals surface area contributed by atoms with Gasteiger partial charge in [-0.3, -0.25) is 9.59 Å². The fourth-order valence-electron chi connectivity index (χ4n) is 1.25. The van der Waals surface area contributed by atoms with E-state index in [9.17, 15) is 27.2 Å². The second kappa shape index (κ2) is 5.61. The molecule has 0 fully saturated rings. The van der Waals surface area contributed by atoms with Gasteiger partial charge in [0.25, 0.3) is 0 Å². The minimum atomic E-state index is -1.83. The summed E-state index contributed by atoms with van der Waals surface area (Å²) >= 11 is 0. The smallest absolute Gasteiger partial charge is 0.313 e. The molecule has 0 radical (unpaired) electrons. The van der Waals surface area contributed by atoms with Gasteiger partial charge in [0.15, 0.2) is 29.1 Å². The highest BCUT2D eigenvalue weighted by atomic mass is 19.2. The Morgan fingerprint density at radius 3 is 2.06 bits per heavy atom. The van der Waals surface area contributed by atoms with Crippen molar-refractivity contribution >= 4 is 11.8 Å². The molecule has 1 aromatic carbocycles. The van der Waals surface area contributed by atoms with E-state index in [1.54, 1.807) is 0 Å². The van der Waals surface area contributed by atoms with Crippen LogP contribution >= 0.6 is 0 Å². The summed E-state index contributed by atoms with van der Waals surface area (Å²) in [5.41, 5.74) is -1.42. The van der Waals surface area contributed by atoms with E-state index in [2.05, 4.69) is 4.74 Å². The van der Waals surface area contributed by atoms with Gasteiger partial charge in [-0.25, -0.2) is 17.6 Å². The van der Waals surface area contributed by atoms with Crippen molar-refractivity contribution < 1.29 is 31.9 Å². The van der Waals surface area contributed by atoms with E-state index in [1.165, 1.54) is 6.92 Å². The predicted molar refractivity (Wildman–Crippen MR) is 51.9 cm³/mol. The van der Waals surface area contributed by atoms with Gasteiger partial charge in [0, 0.05) is 6.07 Å². The van der Waals surface area contributed by atoms with Crippen molar-refractivity contribution in [2.45, 2.75) is 13.3 Å². The van der Waals surface area contributed by atoms with Crippen LogP contribution in [0, 0.1) is 23.3 Å². The third-order valence-electron chi connectivity index (χ3n) is 2.00. The van der Waals surface area contributed by atoms with Gasteiger partial charge in [-0.2, -0.15) is 0 Å². The molecule has 3 nitrogen and oxygen atoms in total. The molecule has 0 saturated heterocycles. The number of carbonyl (C=O) groups is 2. The Bertz CT molecular complexity index is 473. The van der Waals surface area contributed by atoms with Crippen LogP contribution in [0.3, 0.4) is 0 Å². The van der Waals surface area contributed by atoms with Crippen LogP contribution in [0.2, 0.25) is 0 Å². The van der Waals surface area contributed by atoms with E-state index in [1.807, 2.05) is 0 Å². The lowest BCUT2D eigenvalue weighted by Crippen LogP contribution is -2.16. The summed E-state index contributed by atoms with van der Waals surface area (Å²) in [6.45, 7) is 1.43. The number of hydrogen-bond acceptors (Lipinski definition) is 3. The summed E-state index contributed by atoms with van der Waals surface area (Å²) < 4.78 is 56.4. The van der Waals surface area contributed by atoms with Crippen LogP contribution in [-0.2, 0) is 9.53 Å². The monoisotopic (exact) mass is 264 g/mol. The van der Waals surface area contributed by atoms with Crippen LogP contribution in [0.5, 0.6) is 0 Å². The van der Waals surface area contributed by atoms with Gasteiger partial charge in [-0.05, 0) is 6.92 Å². The normalized spacial score (nSPS) is 10.3. The lowest BCUT2D eigenvalue weighted by molar-refractivity contribution is -0.141. The average molecular weight is 264 g/mol. The molecule has 0 amide bonds. The van der Waals surface area contributed by atoms with Crippen LogP contribution in [-0.4, -0.2) is 18.4 Å². The molecule has 98 valence electrons. The highest BCUT2D eigenvalue weighted by molar-refractivity contribution is 6.06. The third-order valence-corrected chi connectivity index (χ3v) is 2.00. The molecule has 0 spiro atoms. The number of carbonyl (C=O) groups excluding carboxylic acids is 2. The Morgan fingerprint density at radius 2 is 1.61 bits per heavy atom. The number of Topliss-reactive ketones (excluding diaryl/α,β-unsaturated/α-hetero) is 1. The number of esters is 1. The molecule has 18 heavy (non-hydrogen) atoms. The largest absolute Gasteiger partial charge is 0.466 e. The first-order valence-electron chi connectivity index (χ1n) is 4.90. The lowest BCUT2D eigenvalue weighted by atomic mass is 10.1. The van der Waals surface area contributed by atoms with Crippen LogP contribution in [0.25, 0.3) is 0 Å². The van der Waals surface area contributed by atoms with E-state index >= 15 is 0 Å². The second-order valence-electron chi connectivity index (χ2n) is 3.25. The van der Waals surface area contributed by atoms with Crippen LogP contribution in [0.1, 0.15) is 23.7 Å². The van der Waals surface area contributed by atoms with Crippen molar-refractivity contribution in [2.24, 2.45) is 0 Å². The summed E-state index contributed by atoms with van der Waals surface area (Å²) in [5, 5.41) is 0.